The van der Waals surface area contributed by atoms with Gasteiger partial charge in [0.15, 0.2) is 0 Å². The summed E-state index contributed by atoms with van der Waals surface area (Å²) >= 11 is 0. The quantitative estimate of drug-likeness (QED) is 0.371. The van der Waals surface area contributed by atoms with Crippen molar-refractivity contribution < 1.29 is 4.79 Å². The number of allylic oxidation sites excluding steroid dienone is 12. The highest BCUT2D eigenvalue weighted by Gasteiger charge is 2.14. The molecule has 29 heavy (non-hydrogen) atoms. The van der Waals surface area contributed by atoms with E-state index in [9.17, 15) is 4.79 Å². The van der Waals surface area contributed by atoms with Crippen molar-refractivity contribution in [2.24, 2.45) is 0 Å². The summed E-state index contributed by atoms with van der Waals surface area (Å²) < 4.78 is 0. The Morgan fingerprint density at radius 2 is 1.10 bits per heavy atom. The number of hydrogen-bond acceptors (Lipinski definition) is 2. The molecule has 0 aromatic heterocycles. The molecule has 3 nitrogen and oxygen atoms in total. The van der Waals surface area contributed by atoms with Crippen molar-refractivity contribution in [1.82, 2.24) is 10.2 Å². The summed E-state index contributed by atoms with van der Waals surface area (Å²) in [5.74, 6) is 0.283. The van der Waals surface area contributed by atoms with Crippen LogP contribution < -0.4 is 5.32 Å². The van der Waals surface area contributed by atoms with Gasteiger partial charge in [0.05, 0.1) is 0 Å². The Morgan fingerprint density at radius 3 is 1.55 bits per heavy atom. The van der Waals surface area contributed by atoms with Gasteiger partial charge in [-0.25, -0.2) is 0 Å². The van der Waals surface area contributed by atoms with Crippen molar-refractivity contribution >= 4 is 5.91 Å². The van der Waals surface area contributed by atoms with Gasteiger partial charge in [-0.1, -0.05) is 79.8 Å². The summed E-state index contributed by atoms with van der Waals surface area (Å²) in [5, 5.41) is 3.27. The third-order valence-corrected chi connectivity index (χ3v) is 4.59. The smallest absolute Gasteiger partial charge is 0.222 e. The maximum atomic E-state index is 12.0. The highest BCUT2D eigenvalue weighted by molar-refractivity contribution is 5.76. The first-order chi connectivity index (χ1) is 14.3. The van der Waals surface area contributed by atoms with E-state index in [-0.39, 0.29) is 5.91 Å². The zero-order valence-electron chi connectivity index (χ0n) is 18.3. The van der Waals surface area contributed by atoms with Gasteiger partial charge in [0, 0.05) is 32.6 Å². The lowest BCUT2D eigenvalue weighted by molar-refractivity contribution is -0.131. The molecule has 3 heteroatoms. The lowest BCUT2D eigenvalue weighted by Crippen LogP contribution is -2.46. The maximum Gasteiger partial charge on any atom is 0.222 e. The molecule has 1 rings (SSSR count). The predicted molar refractivity (Wildman–Crippen MR) is 127 cm³/mol. The summed E-state index contributed by atoms with van der Waals surface area (Å²) in [6, 6.07) is 0. The van der Waals surface area contributed by atoms with Crippen molar-refractivity contribution in [3.05, 3.63) is 72.9 Å². The first kappa shape index (κ1) is 24.9. The minimum Gasteiger partial charge on any atom is -0.340 e. The van der Waals surface area contributed by atoms with Crippen LogP contribution >= 0.6 is 0 Å². The fraction of sp³-hybridized carbons (Fsp3) is 0.500. The zero-order valence-corrected chi connectivity index (χ0v) is 18.3. The highest BCUT2D eigenvalue weighted by Crippen LogP contribution is 2.02. The number of nitrogens with zero attached hydrogens (tertiary/aromatic N) is 1. The number of carbonyl (C=O) groups is 1. The summed E-state index contributed by atoms with van der Waals surface area (Å²) in [7, 11) is 0. The molecule has 1 N–H and O–H groups in total. The Kier molecular flexibility index (Phi) is 16.5. The Balaban J connectivity index is 1.96. The van der Waals surface area contributed by atoms with Crippen molar-refractivity contribution in [2.45, 2.75) is 58.3 Å². The van der Waals surface area contributed by atoms with Gasteiger partial charge < -0.3 is 10.2 Å². The minimum absolute atomic E-state index is 0.283. The van der Waals surface area contributed by atoms with Gasteiger partial charge >= 0.3 is 0 Å². The number of hydrogen-bond donors (Lipinski definition) is 1. The molecule has 0 aromatic rings. The minimum atomic E-state index is 0.283. The van der Waals surface area contributed by atoms with Crippen LogP contribution in [0.15, 0.2) is 72.9 Å². The Hall–Kier alpha value is -2.13. The van der Waals surface area contributed by atoms with E-state index >= 15 is 0 Å². The van der Waals surface area contributed by atoms with Crippen molar-refractivity contribution in [3.63, 3.8) is 0 Å². The van der Waals surface area contributed by atoms with E-state index in [0.29, 0.717) is 6.42 Å². The number of piperazine rings is 1. The fourth-order valence-electron chi connectivity index (χ4n) is 2.92. The van der Waals surface area contributed by atoms with Crippen molar-refractivity contribution in [1.29, 1.82) is 0 Å². The molecule has 1 amide bonds. The first-order valence-electron chi connectivity index (χ1n) is 11.2. The predicted octanol–water partition coefficient (Wildman–Crippen LogP) is 5.90. The van der Waals surface area contributed by atoms with E-state index in [4.69, 9.17) is 0 Å². The second kappa shape index (κ2) is 19.2. The molecule has 0 radical (unpaired) electrons. The molecular formula is C26H40N2O. The molecule has 0 aliphatic carbocycles. The molecule has 0 saturated carbocycles. The summed E-state index contributed by atoms with van der Waals surface area (Å²) in [6.07, 6.45) is 33.9. The largest absolute Gasteiger partial charge is 0.340 e. The molecule has 0 atom stereocenters. The Labute approximate surface area is 178 Å². The van der Waals surface area contributed by atoms with Gasteiger partial charge in [-0.2, -0.15) is 0 Å². The molecule has 1 fully saturated rings. The van der Waals surface area contributed by atoms with E-state index in [1.165, 1.54) is 0 Å². The molecule has 0 bridgehead atoms. The average molecular weight is 397 g/mol. The van der Waals surface area contributed by atoms with Crippen molar-refractivity contribution in [3.8, 4) is 0 Å². The molecule has 0 spiro atoms. The summed E-state index contributed by atoms with van der Waals surface area (Å²) in [4.78, 5) is 14.0. The molecular weight excluding hydrogens is 356 g/mol. The van der Waals surface area contributed by atoms with Crippen LogP contribution in [0.1, 0.15) is 58.3 Å². The summed E-state index contributed by atoms with van der Waals surface area (Å²) in [6.45, 7) is 5.70. The first-order valence-corrected chi connectivity index (χ1v) is 11.2. The Bertz CT molecular complexity index is 576. The van der Waals surface area contributed by atoms with Gasteiger partial charge in [-0.3, -0.25) is 4.79 Å². The third-order valence-electron chi connectivity index (χ3n) is 4.59. The highest BCUT2D eigenvalue weighted by atomic mass is 16.2. The second-order valence-electron chi connectivity index (χ2n) is 7.08. The summed E-state index contributed by atoms with van der Waals surface area (Å²) in [5.41, 5.74) is 0. The second-order valence-corrected chi connectivity index (χ2v) is 7.08. The standard InChI is InChI=1S/C26H40N2O/c1-2-3-4-5-6-7-8-9-10-11-12-13-14-15-16-17-18-19-20-21-26(29)28-24-22-27-23-25-28/h3-4,6-7,9-10,12-13,15-16,18-19,27H,2,5,8,11,14,17,20-25H2,1H3. The van der Waals surface area contributed by atoms with Crippen LogP contribution in [0.3, 0.4) is 0 Å². The molecule has 1 aliphatic heterocycles. The molecule has 0 unspecified atom stereocenters. The third kappa shape index (κ3) is 15.5. The lowest BCUT2D eigenvalue weighted by Gasteiger charge is -2.27. The van der Waals surface area contributed by atoms with E-state index < -0.39 is 0 Å². The number of amides is 1. The molecule has 0 aromatic carbocycles. The maximum absolute atomic E-state index is 12.0. The van der Waals surface area contributed by atoms with Crippen LogP contribution in [0.25, 0.3) is 0 Å². The van der Waals surface area contributed by atoms with Gasteiger partial charge in [-0.15, -0.1) is 0 Å². The van der Waals surface area contributed by atoms with Crippen molar-refractivity contribution in [2.75, 3.05) is 26.2 Å². The molecule has 160 valence electrons. The fourth-order valence-corrected chi connectivity index (χ4v) is 2.92. The van der Waals surface area contributed by atoms with Gasteiger partial charge in [0.1, 0.15) is 0 Å². The van der Waals surface area contributed by atoms with Gasteiger partial charge in [0.25, 0.3) is 0 Å². The monoisotopic (exact) mass is 396 g/mol. The van der Waals surface area contributed by atoms with E-state index in [2.05, 4.69) is 85.2 Å². The normalized spacial score (nSPS) is 16.1. The topological polar surface area (TPSA) is 32.3 Å². The van der Waals surface area contributed by atoms with Crippen LogP contribution in [0, 0.1) is 0 Å². The van der Waals surface area contributed by atoms with E-state index in [1.54, 1.807) is 0 Å². The number of rotatable bonds is 14. The lowest BCUT2D eigenvalue weighted by atomic mass is 10.2. The van der Waals surface area contributed by atoms with Crippen LogP contribution in [0.4, 0.5) is 0 Å². The van der Waals surface area contributed by atoms with E-state index in [1.807, 2.05) is 4.90 Å². The molecule has 1 saturated heterocycles. The number of carbonyl (C=O) groups excluding carboxylic acids is 1. The van der Waals surface area contributed by atoms with E-state index in [0.717, 1.165) is 71.1 Å². The molecule has 1 aliphatic rings. The average Bonchev–Trinajstić information content (AvgIpc) is 2.75. The SMILES string of the molecule is CCC=CCC=CCC=CCC=CCC=CCC=CCCC(=O)N1CCNCC1. The molecule has 1 heterocycles. The van der Waals surface area contributed by atoms with Crippen LogP contribution in [-0.4, -0.2) is 37.0 Å². The Morgan fingerprint density at radius 1 is 0.690 bits per heavy atom. The van der Waals surface area contributed by atoms with Gasteiger partial charge in [-0.05, 0) is 44.9 Å². The zero-order chi connectivity index (χ0) is 20.8. The van der Waals surface area contributed by atoms with Crippen LogP contribution in [0.2, 0.25) is 0 Å². The van der Waals surface area contributed by atoms with Crippen LogP contribution in [-0.2, 0) is 4.79 Å². The van der Waals surface area contributed by atoms with Crippen LogP contribution in [0.5, 0.6) is 0 Å². The number of nitrogens with one attached hydrogen (secondary N) is 1. The van der Waals surface area contributed by atoms with Gasteiger partial charge in [0.2, 0.25) is 5.91 Å².